The van der Waals surface area contributed by atoms with Gasteiger partial charge in [-0.15, -0.1) is 0 Å². The molecule has 0 unspecified atom stereocenters. The molecule has 1 N–H and O–H groups in total. The van der Waals surface area contributed by atoms with Crippen molar-refractivity contribution in [3.05, 3.63) is 65.0 Å². The molecule has 2 aromatic carbocycles. The Bertz CT molecular complexity index is 935. The van der Waals surface area contributed by atoms with E-state index in [1.54, 1.807) is 13.0 Å². The van der Waals surface area contributed by atoms with Crippen LogP contribution in [0, 0.1) is 18.7 Å². The molecule has 0 spiro atoms. The highest BCUT2D eigenvalue weighted by Crippen LogP contribution is 2.22. The molecular weight excluding hydrogens is 405 g/mol. The van der Waals surface area contributed by atoms with Gasteiger partial charge in [-0.05, 0) is 82.0 Å². The number of amides is 2. The number of piperidine rings is 1. The third-order valence-electron chi connectivity index (χ3n) is 6.27. The van der Waals surface area contributed by atoms with Crippen LogP contribution < -0.4 is 10.2 Å². The first kappa shape index (κ1) is 23.8. The monoisotopic (exact) mass is 439 g/mol. The molecule has 2 aromatic rings. The van der Waals surface area contributed by atoms with Crippen molar-refractivity contribution in [2.24, 2.45) is 5.92 Å². The molecule has 1 heterocycles. The number of nitrogens with one attached hydrogen (secondary N) is 1. The topological polar surface area (TPSA) is 52.7 Å². The van der Waals surface area contributed by atoms with Gasteiger partial charge in [0.1, 0.15) is 5.82 Å². The Hall–Kier alpha value is -2.89. The average Bonchev–Trinajstić information content (AvgIpc) is 2.80. The Kier molecular flexibility index (Phi) is 7.89. The Morgan fingerprint density at radius 3 is 2.34 bits per heavy atom. The number of benzene rings is 2. The Balaban J connectivity index is 1.50. The molecule has 0 aliphatic carbocycles. The molecule has 0 aromatic heterocycles. The summed E-state index contributed by atoms with van der Waals surface area (Å²) in [7, 11) is 0. The number of rotatable bonds is 7. The van der Waals surface area contributed by atoms with Crippen molar-refractivity contribution in [2.45, 2.75) is 53.1 Å². The molecule has 0 atom stereocenters. The third kappa shape index (κ3) is 5.67. The van der Waals surface area contributed by atoms with Crippen LogP contribution in [0.3, 0.4) is 0 Å². The maximum absolute atomic E-state index is 13.7. The fraction of sp³-hybridized carbons (Fsp3) is 0.462. The molecule has 5 nitrogen and oxygen atoms in total. The summed E-state index contributed by atoms with van der Waals surface area (Å²) in [6.07, 6.45) is 1.27. The van der Waals surface area contributed by atoms with Crippen molar-refractivity contribution in [2.75, 3.05) is 24.5 Å². The average molecular weight is 440 g/mol. The van der Waals surface area contributed by atoms with Crippen LogP contribution in [0.2, 0.25) is 0 Å². The SMILES string of the molecule is CCN(c1ccc(C(=O)N2CCC(C(=O)NCc3ccc(C)c(F)c3)CC2)cc1)C(C)C. The van der Waals surface area contributed by atoms with Gasteiger partial charge in [-0.2, -0.15) is 0 Å². The lowest BCUT2D eigenvalue weighted by Gasteiger charge is -2.32. The van der Waals surface area contributed by atoms with E-state index in [0.29, 0.717) is 49.6 Å². The summed E-state index contributed by atoms with van der Waals surface area (Å²) in [5, 5.41) is 2.91. The first-order valence-electron chi connectivity index (χ1n) is 11.5. The van der Waals surface area contributed by atoms with Crippen LogP contribution in [0.25, 0.3) is 0 Å². The minimum Gasteiger partial charge on any atom is -0.369 e. The molecule has 2 amide bonds. The normalized spacial score (nSPS) is 14.5. The zero-order valence-electron chi connectivity index (χ0n) is 19.5. The van der Waals surface area contributed by atoms with Crippen molar-refractivity contribution < 1.29 is 14.0 Å². The zero-order chi connectivity index (χ0) is 23.3. The second-order valence-corrected chi connectivity index (χ2v) is 8.79. The Morgan fingerprint density at radius 1 is 1.12 bits per heavy atom. The van der Waals surface area contributed by atoms with Crippen molar-refractivity contribution >= 4 is 17.5 Å². The van der Waals surface area contributed by atoms with Gasteiger partial charge < -0.3 is 15.1 Å². The minimum atomic E-state index is -0.261. The summed E-state index contributed by atoms with van der Waals surface area (Å²) < 4.78 is 13.7. The van der Waals surface area contributed by atoms with Crippen LogP contribution in [0.4, 0.5) is 10.1 Å². The fourth-order valence-electron chi connectivity index (χ4n) is 4.25. The summed E-state index contributed by atoms with van der Waals surface area (Å²) in [5.41, 5.74) is 3.13. The fourth-order valence-corrected chi connectivity index (χ4v) is 4.25. The predicted octanol–water partition coefficient (Wildman–Crippen LogP) is 4.54. The van der Waals surface area contributed by atoms with Gasteiger partial charge in [-0.1, -0.05) is 12.1 Å². The van der Waals surface area contributed by atoms with Gasteiger partial charge in [0.15, 0.2) is 0 Å². The van der Waals surface area contributed by atoms with E-state index in [1.165, 1.54) is 6.07 Å². The number of aryl methyl sites for hydroxylation is 1. The number of nitrogens with zero attached hydrogens (tertiary/aromatic N) is 2. The van der Waals surface area contributed by atoms with Crippen molar-refractivity contribution in [3.8, 4) is 0 Å². The van der Waals surface area contributed by atoms with Crippen LogP contribution in [-0.4, -0.2) is 42.4 Å². The van der Waals surface area contributed by atoms with Gasteiger partial charge in [0.25, 0.3) is 5.91 Å². The molecule has 0 bridgehead atoms. The van der Waals surface area contributed by atoms with E-state index in [1.807, 2.05) is 35.2 Å². The summed E-state index contributed by atoms with van der Waals surface area (Å²) in [5.74, 6) is -0.405. The number of likely N-dealkylation sites (tertiary alicyclic amines) is 1. The van der Waals surface area contributed by atoms with Gasteiger partial charge in [0.2, 0.25) is 5.91 Å². The standard InChI is InChI=1S/C26H34FN3O2/c1-5-30(18(2)3)23-10-8-22(9-11-23)26(32)29-14-12-21(13-15-29)25(31)28-17-20-7-6-19(4)24(27)16-20/h6-11,16,18,21H,5,12-15,17H2,1-4H3,(H,28,31). The lowest BCUT2D eigenvalue weighted by Crippen LogP contribution is -2.43. The largest absolute Gasteiger partial charge is 0.369 e. The van der Waals surface area contributed by atoms with E-state index in [0.717, 1.165) is 17.8 Å². The molecule has 6 heteroatoms. The molecule has 172 valence electrons. The van der Waals surface area contributed by atoms with Crippen LogP contribution in [0.15, 0.2) is 42.5 Å². The van der Waals surface area contributed by atoms with E-state index in [9.17, 15) is 14.0 Å². The van der Waals surface area contributed by atoms with Gasteiger partial charge in [-0.25, -0.2) is 4.39 Å². The second kappa shape index (κ2) is 10.6. The zero-order valence-corrected chi connectivity index (χ0v) is 19.5. The molecule has 3 rings (SSSR count). The van der Waals surface area contributed by atoms with E-state index in [4.69, 9.17) is 0 Å². The summed E-state index contributed by atoms with van der Waals surface area (Å²) in [6.45, 7) is 10.5. The molecule has 1 aliphatic heterocycles. The highest BCUT2D eigenvalue weighted by Gasteiger charge is 2.27. The lowest BCUT2D eigenvalue weighted by molar-refractivity contribution is -0.126. The molecule has 1 fully saturated rings. The summed E-state index contributed by atoms with van der Waals surface area (Å²) in [6, 6.07) is 13.2. The molecular formula is C26H34FN3O2. The maximum Gasteiger partial charge on any atom is 0.253 e. The molecule has 0 radical (unpaired) electrons. The highest BCUT2D eigenvalue weighted by molar-refractivity contribution is 5.94. The third-order valence-corrected chi connectivity index (χ3v) is 6.27. The van der Waals surface area contributed by atoms with Crippen molar-refractivity contribution in [1.29, 1.82) is 0 Å². The molecule has 1 aliphatic rings. The second-order valence-electron chi connectivity index (χ2n) is 8.79. The van der Waals surface area contributed by atoms with Crippen LogP contribution >= 0.6 is 0 Å². The van der Waals surface area contributed by atoms with E-state index in [-0.39, 0.29) is 23.5 Å². The number of hydrogen-bond donors (Lipinski definition) is 1. The number of anilines is 1. The lowest BCUT2D eigenvalue weighted by atomic mass is 9.95. The Labute approximate surface area is 190 Å². The van der Waals surface area contributed by atoms with Gasteiger partial charge in [0, 0.05) is 49.4 Å². The quantitative estimate of drug-likeness (QED) is 0.689. The predicted molar refractivity (Wildman–Crippen MR) is 126 cm³/mol. The Morgan fingerprint density at radius 2 is 1.78 bits per heavy atom. The van der Waals surface area contributed by atoms with Crippen molar-refractivity contribution in [3.63, 3.8) is 0 Å². The van der Waals surface area contributed by atoms with Crippen LogP contribution in [0.5, 0.6) is 0 Å². The highest BCUT2D eigenvalue weighted by atomic mass is 19.1. The molecule has 0 saturated carbocycles. The van der Waals surface area contributed by atoms with E-state index >= 15 is 0 Å². The minimum absolute atomic E-state index is 0.0122. The summed E-state index contributed by atoms with van der Waals surface area (Å²) >= 11 is 0. The first-order chi connectivity index (χ1) is 15.3. The van der Waals surface area contributed by atoms with Crippen LogP contribution in [-0.2, 0) is 11.3 Å². The smallest absolute Gasteiger partial charge is 0.253 e. The molecule has 32 heavy (non-hydrogen) atoms. The van der Waals surface area contributed by atoms with Crippen LogP contribution in [0.1, 0.15) is 55.1 Å². The first-order valence-corrected chi connectivity index (χ1v) is 11.5. The molecule has 1 saturated heterocycles. The van der Waals surface area contributed by atoms with E-state index in [2.05, 4.69) is 31.0 Å². The summed E-state index contributed by atoms with van der Waals surface area (Å²) in [4.78, 5) is 29.6. The number of carbonyl (C=O) groups is 2. The number of hydrogen-bond acceptors (Lipinski definition) is 3. The van der Waals surface area contributed by atoms with Gasteiger partial charge >= 0.3 is 0 Å². The maximum atomic E-state index is 13.7. The van der Waals surface area contributed by atoms with Gasteiger partial charge in [-0.3, -0.25) is 9.59 Å². The number of carbonyl (C=O) groups excluding carboxylic acids is 2. The van der Waals surface area contributed by atoms with E-state index < -0.39 is 0 Å². The number of halogens is 1. The van der Waals surface area contributed by atoms with Crippen molar-refractivity contribution in [1.82, 2.24) is 10.2 Å². The van der Waals surface area contributed by atoms with Gasteiger partial charge in [0.05, 0.1) is 0 Å².